The second-order valence-electron chi connectivity index (χ2n) is 8.73. The zero-order chi connectivity index (χ0) is 26.2. The van der Waals surface area contributed by atoms with Crippen LogP contribution in [0, 0.1) is 0 Å². The molecule has 4 rings (SSSR count). The Hall–Kier alpha value is -3.75. The van der Waals surface area contributed by atoms with Crippen molar-refractivity contribution in [1.29, 1.82) is 0 Å². The minimum absolute atomic E-state index is 0.0705. The third-order valence-corrected chi connectivity index (χ3v) is 5.98. The number of ether oxygens (including phenoxy) is 4. The minimum atomic E-state index is -0.697. The van der Waals surface area contributed by atoms with Crippen molar-refractivity contribution in [2.75, 3.05) is 33.9 Å². The number of methoxy groups -OCH3 is 2. The van der Waals surface area contributed by atoms with Crippen molar-refractivity contribution in [3.05, 3.63) is 70.4 Å². The number of fused-ring (bicyclic) bond motifs is 2. The van der Waals surface area contributed by atoms with E-state index in [1.807, 2.05) is 24.3 Å². The van der Waals surface area contributed by atoms with Crippen molar-refractivity contribution in [2.24, 2.45) is 0 Å². The maximum atomic E-state index is 13.5. The lowest BCUT2D eigenvalue weighted by Gasteiger charge is -2.16. The van der Waals surface area contributed by atoms with Crippen molar-refractivity contribution in [1.82, 2.24) is 5.32 Å². The van der Waals surface area contributed by atoms with Gasteiger partial charge in [-0.2, -0.15) is 0 Å². The van der Waals surface area contributed by atoms with Crippen LogP contribution in [0.25, 0.3) is 21.9 Å². The Morgan fingerprint density at radius 3 is 2.59 bits per heavy atom. The van der Waals surface area contributed by atoms with Gasteiger partial charge >= 0.3 is 0 Å². The summed E-state index contributed by atoms with van der Waals surface area (Å²) < 4.78 is 28.9. The van der Waals surface area contributed by atoms with Crippen LogP contribution in [0.1, 0.15) is 25.3 Å². The summed E-state index contributed by atoms with van der Waals surface area (Å²) in [5.41, 5.74) is 1.29. The fourth-order valence-electron chi connectivity index (χ4n) is 4.02. The predicted octanol–water partition coefficient (Wildman–Crippen LogP) is 4.67. The van der Waals surface area contributed by atoms with Crippen molar-refractivity contribution in [2.45, 2.75) is 32.5 Å². The van der Waals surface area contributed by atoms with E-state index < -0.39 is 6.10 Å². The van der Waals surface area contributed by atoms with Gasteiger partial charge in [-0.15, -0.1) is 0 Å². The maximum Gasteiger partial charge on any atom is 0.204 e. The first-order valence-electron chi connectivity index (χ1n) is 12.4. The van der Waals surface area contributed by atoms with Crippen LogP contribution >= 0.6 is 0 Å². The summed E-state index contributed by atoms with van der Waals surface area (Å²) in [6.07, 6.45) is 1.43. The van der Waals surface area contributed by atoms with Crippen LogP contribution in [0.4, 0.5) is 0 Å². The smallest absolute Gasteiger partial charge is 0.204 e. The number of hydrogen-bond acceptors (Lipinski definition) is 8. The lowest BCUT2D eigenvalue weighted by atomic mass is 10.1. The molecule has 0 amide bonds. The van der Waals surface area contributed by atoms with Crippen LogP contribution in [0.5, 0.6) is 23.0 Å². The maximum absolute atomic E-state index is 13.5. The number of aliphatic hydroxyl groups excluding tert-OH is 1. The highest BCUT2D eigenvalue weighted by atomic mass is 16.5. The molecule has 2 N–H and O–H groups in total. The monoisotopic (exact) mass is 507 g/mol. The van der Waals surface area contributed by atoms with Crippen LogP contribution in [0.15, 0.2) is 63.8 Å². The highest BCUT2D eigenvalue weighted by molar-refractivity contribution is 5.95. The van der Waals surface area contributed by atoms with Gasteiger partial charge in [0.2, 0.25) is 5.43 Å². The van der Waals surface area contributed by atoms with Gasteiger partial charge in [0.1, 0.15) is 47.5 Å². The molecule has 0 bridgehead atoms. The Labute approximate surface area is 215 Å². The molecular weight excluding hydrogens is 474 g/mol. The van der Waals surface area contributed by atoms with Gasteiger partial charge in [0.05, 0.1) is 19.6 Å². The predicted molar refractivity (Wildman–Crippen MR) is 143 cm³/mol. The van der Waals surface area contributed by atoms with Crippen LogP contribution in [-0.2, 0) is 6.61 Å². The number of aliphatic hydroxyl groups is 1. The summed E-state index contributed by atoms with van der Waals surface area (Å²) in [5.74, 6) is 1.90. The van der Waals surface area contributed by atoms with Gasteiger partial charge in [0.15, 0.2) is 11.3 Å². The molecule has 0 saturated heterocycles. The van der Waals surface area contributed by atoms with Gasteiger partial charge in [-0.05, 0) is 42.8 Å². The van der Waals surface area contributed by atoms with Crippen molar-refractivity contribution in [3.8, 4) is 23.0 Å². The second kappa shape index (κ2) is 12.5. The summed E-state index contributed by atoms with van der Waals surface area (Å²) in [5, 5.41) is 14.2. The molecule has 3 aromatic carbocycles. The van der Waals surface area contributed by atoms with Crippen LogP contribution in [0.2, 0.25) is 0 Å². The Morgan fingerprint density at radius 2 is 1.81 bits per heavy atom. The van der Waals surface area contributed by atoms with Gasteiger partial charge in [-0.3, -0.25) is 4.79 Å². The Kier molecular flexibility index (Phi) is 8.87. The third kappa shape index (κ3) is 6.34. The minimum Gasteiger partial charge on any atom is -0.497 e. The van der Waals surface area contributed by atoms with Gasteiger partial charge in [0.25, 0.3) is 0 Å². The lowest BCUT2D eigenvalue weighted by molar-refractivity contribution is 0.106. The molecule has 4 aromatic rings. The zero-order valence-electron chi connectivity index (χ0n) is 21.4. The molecule has 8 heteroatoms. The van der Waals surface area contributed by atoms with E-state index in [-0.39, 0.29) is 18.6 Å². The van der Waals surface area contributed by atoms with E-state index in [0.29, 0.717) is 51.5 Å². The van der Waals surface area contributed by atoms with Crippen molar-refractivity contribution >= 4 is 21.9 Å². The summed E-state index contributed by atoms with van der Waals surface area (Å²) in [4.78, 5) is 13.5. The zero-order valence-corrected chi connectivity index (χ0v) is 21.4. The van der Waals surface area contributed by atoms with E-state index in [9.17, 15) is 9.90 Å². The Morgan fingerprint density at radius 1 is 0.973 bits per heavy atom. The molecular formula is C29H33NO7. The van der Waals surface area contributed by atoms with Crippen LogP contribution in [0.3, 0.4) is 0 Å². The quantitative estimate of drug-likeness (QED) is 0.199. The molecule has 8 nitrogen and oxygen atoms in total. The molecule has 0 spiro atoms. The number of unbranched alkanes of at least 4 members (excludes halogenated alkanes) is 1. The number of benzene rings is 3. The largest absolute Gasteiger partial charge is 0.497 e. The Balaban J connectivity index is 1.68. The van der Waals surface area contributed by atoms with E-state index in [1.165, 1.54) is 7.11 Å². The normalized spacial score (nSPS) is 12.0. The third-order valence-electron chi connectivity index (χ3n) is 5.98. The molecule has 1 heterocycles. The molecule has 0 saturated carbocycles. The average Bonchev–Trinajstić information content (AvgIpc) is 2.92. The van der Waals surface area contributed by atoms with E-state index in [1.54, 1.807) is 37.4 Å². The van der Waals surface area contributed by atoms with Crippen molar-refractivity contribution in [3.63, 3.8) is 0 Å². The number of para-hydroxylation sites is 1. The molecule has 0 fully saturated rings. The summed E-state index contributed by atoms with van der Waals surface area (Å²) >= 11 is 0. The summed E-state index contributed by atoms with van der Waals surface area (Å²) in [6.45, 7) is 3.65. The number of rotatable bonds is 13. The van der Waals surface area contributed by atoms with E-state index in [2.05, 4.69) is 12.2 Å². The van der Waals surface area contributed by atoms with Crippen molar-refractivity contribution < 1.29 is 28.5 Å². The lowest BCUT2D eigenvalue weighted by Crippen LogP contribution is -2.31. The average molecular weight is 508 g/mol. The first-order chi connectivity index (χ1) is 18.0. The van der Waals surface area contributed by atoms with E-state index in [0.717, 1.165) is 24.9 Å². The van der Waals surface area contributed by atoms with Gasteiger partial charge in [-0.1, -0.05) is 31.5 Å². The molecule has 1 unspecified atom stereocenters. The standard InChI is InChI=1S/C29H33NO7/c1-4-5-12-30-16-20(31)18-35-22-14-25(36-17-19-8-6-9-21(13-19)33-2)27-26(15-22)37-29-23(28(27)32)10-7-11-24(29)34-3/h6-11,13-15,20,30-31H,4-5,12,16-18H2,1-3H3. The highest BCUT2D eigenvalue weighted by Crippen LogP contribution is 2.34. The number of hydrogen-bond donors (Lipinski definition) is 2. The van der Waals surface area contributed by atoms with E-state index in [4.69, 9.17) is 23.4 Å². The van der Waals surface area contributed by atoms with Gasteiger partial charge < -0.3 is 33.8 Å². The molecule has 1 aromatic heterocycles. The molecule has 1 atom stereocenters. The first-order valence-corrected chi connectivity index (χ1v) is 12.4. The van der Waals surface area contributed by atoms with Crippen LogP contribution in [-0.4, -0.2) is 45.1 Å². The van der Waals surface area contributed by atoms with Gasteiger partial charge in [0, 0.05) is 18.7 Å². The molecule has 0 aliphatic rings. The SMILES string of the molecule is CCCCNCC(O)COc1cc(OCc2cccc(OC)c2)c2c(=O)c3cccc(OC)c3oc2c1. The first kappa shape index (κ1) is 26.3. The molecule has 196 valence electrons. The highest BCUT2D eigenvalue weighted by Gasteiger charge is 2.18. The summed E-state index contributed by atoms with van der Waals surface area (Å²) in [6, 6.07) is 16.0. The van der Waals surface area contributed by atoms with E-state index >= 15 is 0 Å². The molecule has 0 aliphatic heterocycles. The fourth-order valence-corrected chi connectivity index (χ4v) is 4.02. The fraction of sp³-hybridized carbons (Fsp3) is 0.345. The Bertz CT molecular complexity index is 1400. The van der Waals surface area contributed by atoms with Crippen LogP contribution < -0.4 is 29.7 Å². The topological polar surface area (TPSA) is 99.4 Å². The number of nitrogens with one attached hydrogen (secondary N) is 1. The molecule has 0 radical (unpaired) electrons. The molecule has 0 aliphatic carbocycles. The molecule has 37 heavy (non-hydrogen) atoms. The van der Waals surface area contributed by atoms with Gasteiger partial charge in [-0.25, -0.2) is 0 Å². The second-order valence-corrected chi connectivity index (χ2v) is 8.73. The summed E-state index contributed by atoms with van der Waals surface area (Å²) in [7, 11) is 3.13.